The van der Waals surface area contributed by atoms with Gasteiger partial charge in [0, 0.05) is 31.1 Å². The molecule has 1 aliphatic rings. The zero-order chi connectivity index (χ0) is 12.1. The molecule has 1 aliphatic heterocycles. The van der Waals surface area contributed by atoms with Crippen LogP contribution in [0.15, 0.2) is 24.3 Å². The maximum Gasteiger partial charge on any atom is 0.123 e. The zero-order valence-electron chi connectivity index (χ0n) is 9.81. The summed E-state index contributed by atoms with van der Waals surface area (Å²) in [7, 11) is 0. The Hall–Kier alpha value is -0.580. The van der Waals surface area contributed by atoms with Crippen LogP contribution in [0.25, 0.3) is 0 Å². The van der Waals surface area contributed by atoms with Gasteiger partial charge in [-0.05, 0) is 24.1 Å². The highest BCUT2D eigenvalue weighted by Crippen LogP contribution is 2.19. The molecule has 17 heavy (non-hydrogen) atoms. The Bertz CT molecular complexity index is 355. The molecule has 0 amide bonds. The summed E-state index contributed by atoms with van der Waals surface area (Å²) >= 11 is 1.98. The van der Waals surface area contributed by atoms with Crippen LogP contribution in [-0.2, 0) is 0 Å². The van der Waals surface area contributed by atoms with Crippen LogP contribution in [0.5, 0.6) is 0 Å². The van der Waals surface area contributed by atoms with E-state index in [2.05, 4.69) is 4.90 Å². The molecule has 94 valence electrons. The van der Waals surface area contributed by atoms with E-state index in [9.17, 15) is 9.50 Å². The van der Waals surface area contributed by atoms with E-state index in [0.717, 1.165) is 19.6 Å². The Morgan fingerprint density at radius 1 is 1.35 bits per heavy atom. The Labute approximate surface area is 106 Å². The summed E-state index contributed by atoms with van der Waals surface area (Å²) in [6, 6.07) is 6.24. The molecule has 0 aliphatic carbocycles. The molecule has 0 bridgehead atoms. The SMILES string of the molecule is OC(CCN1CCSCC1)c1cccc(F)c1. The van der Waals surface area contributed by atoms with Crippen molar-refractivity contribution in [1.82, 2.24) is 4.90 Å². The predicted octanol–water partition coefficient (Wildman–Crippen LogP) is 2.30. The summed E-state index contributed by atoms with van der Waals surface area (Å²) < 4.78 is 13.0. The number of halogens is 1. The second kappa shape index (κ2) is 6.38. The molecule has 0 radical (unpaired) electrons. The van der Waals surface area contributed by atoms with Crippen molar-refractivity contribution < 1.29 is 9.50 Å². The lowest BCUT2D eigenvalue weighted by Gasteiger charge is -2.27. The number of thioether (sulfide) groups is 1. The van der Waals surface area contributed by atoms with Gasteiger partial charge < -0.3 is 10.0 Å². The van der Waals surface area contributed by atoms with E-state index < -0.39 is 6.10 Å². The van der Waals surface area contributed by atoms with Crippen molar-refractivity contribution >= 4 is 11.8 Å². The van der Waals surface area contributed by atoms with Crippen molar-refractivity contribution in [1.29, 1.82) is 0 Å². The number of nitrogens with zero attached hydrogens (tertiary/aromatic N) is 1. The summed E-state index contributed by atoms with van der Waals surface area (Å²) in [6.07, 6.45) is 0.119. The van der Waals surface area contributed by atoms with Gasteiger partial charge in [0.2, 0.25) is 0 Å². The van der Waals surface area contributed by atoms with Gasteiger partial charge in [0.25, 0.3) is 0 Å². The highest BCUT2D eigenvalue weighted by molar-refractivity contribution is 7.99. The highest BCUT2D eigenvalue weighted by atomic mass is 32.2. The average Bonchev–Trinajstić information content (AvgIpc) is 2.37. The van der Waals surface area contributed by atoms with Gasteiger partial charge in [-0.2, -0.15) is 11.8 Å². The molecule has 4 heteroatoms. The van der Waals surface area contributed by atoms with Crippen molar-refractivity contribution in [2.45, 2.75) is 12.5 Å². The predicted molar refractivity (Wildman–Crippen MR) is 69.7 cm³/mol. The van der Waals surface area contributed by atoms with Gasteiger partial charge in [-0.3, -0.25) is 0 Å². The first kappa shape index (κ1) is 12.9. The minimum Gasteiger partial charge on any atom is -0.388 e. The maximum absolute atomic E-state index is 13.0. The van der Waals surface area contributed by atoms with Crippen LogP contribution < -0.4 is 0 Å². The molecule has 1 atom stereocenters. The Morgan fingerprint density at radius 2 is 2.12 bits per heavy atom. The fourth-order valence-electron chi connectivity index (χ4n) is 2.01. The topological polar surface area (TPSA) is 23.5 Å². The maximum atomic E-state index is 13.0. The molecular weight excluding hydrogens is 237 g/mol. The zero-order valence-corrected chi connectivity index (χ0v) is 10.6. The quantitative estimate of drug-likeness (QED) is 0.893. The number of hydrogen-bond donors (Lipinski definition) is 1. The van der Waals surface area contributed by atoms with Crippen molar-refractivity contribution in [2.24, 2.45) is 0 Å². The molecule has 0 spiro atoms. The number of aliphatic hydroxyl groups excluding tert-OH is 1. The van der Waals surface area contributed by atoms with Crippen LogP contribution in [-0.4, -0.2) is 41.1 Å². The highest BCUT2D eigenvalue weighted by Gasteiger charge is 2.13. The number of benzene rings is 1. The van der Waals surface area contributed by atoms with Crippen LogP contribution in [0.4, 0.5) is 4.39 Å². The van der Waals surface area contributed by atoms with Crippen LogP contribution >= 0.6 is 11.8 Å². The first-order valence-electron chi connectivity index (χ1n) is 5.99. The van der Waals surface area contributed by atoms with Crippen molar-refractivity contribution in [3.8, 4) is 0 Å². The van der Waals surface area contributed by atoms with E-state index in [1.165, 1.54) is 23.6 Å². The largest absolute Gasteiger partial charge is 0.388 e. The Morgan fingerprint density at radius 3 is 2.82 bits per heavy atom. The Balaban J connectivity index is 1.82. The van der Waals surface area contributed by atoms with Crippen LogP contribution in [0.3, 0.4) is 0 Å². The second-order valence-electron chi connectivity index (χ2n) is 4.31. The third-order valence-electron chi connectivity index (χ3n) is 3.06. The molecule has 1 aromatic carbocycles. The third kappa shape index (κ3) is 3.98. The Kier molecular flexibility index (Phi) is 4.83. The van der Waals surface area contributed by atoms with E-state index in [1.54, 1.807) is 12.1 Å². The molecule has 1 heterocycles. The van der Waals surface area contributed by atoms with Crippen molar-refractivity contribution in [3.05, 3.63) is 35.6 Å². The standard InChI is InChI=1S/C13H18FNOS/c14-12-3-1-2-11(10-12)13(16)4-5-15-6-8-17-9-7-15/h1-3,10,13,16H,4-9H2. The summed E-state index contributed by atoms with van der Waals surface area (Å²) in [4.78, 5) is 2.36. The van der Waals surface area contributed by atoms with E-state index in [0.29, 0.717) is 12.0 Å². The van der Waals surface area contributed by atoms with Gasteiger partial charge in [-0.1, -0.05) is 12.1 Å². The minimum absolute atomic E-state index is 0.282. The van der Waals surface area contributed by atoms with E-state index in [4.69, 9.17) is 0 Å². The first-order chi connectivity index (χ1) is 8.25. The number of rotatable bonds is 4. The molecule has 2 rings (SSSR count). The van der Waals surface area contributed by atoms with Gasteiger partial charge in [-0.15, -0.1) is 0 Å². The molecule has 0 saturated carbocycles. The molecule has 0 aromatic heterocycles. The molecule has 2 nitrogen and oxygen atoms in total. The minimum atomic E-state index is -0.555. The molecule has 1 fully saturated rings. The van der Waals surface area contributed by atoms with Crippen molar-refractivity contribution in [2.75, 3.05) is 31.1 Å². The monoisotopic (exact) mass is 255 g/mol. The molecular formula is C13H18FNOS. The number of hydrogen-bond acceptors (Lipinski definition) is 3. The van der Waals surface area contributed by atoms with Gasteiger partial charge in [0.15, 0.2) is 0 Å². The fraction of sp³-hybridized carbons (Fsp3) is 0.538. The lowest BCUT2D eigenvalue weighted by Crippen LogP contribution is -2.33. The lowest BCUT2D eigenvalue weighted by molar-refractivity contribution is 0.145. The fourth-order valence-corrected chi connectivity index (χ4v) is 2.99. The van der Waals surface area contributed by atoms with Gasteiger partial charge in [0.1, 0.15) is 5.82 Å². The van der Waals surface area contributed by atoms with Crippen LogP contribution in [0.1, 0.15) is 18.1 Å². The summed E-state index contributed by atoms with van der Waals surface area (Å²) in [5, 5.41) is 9.98. The van der Waals surface area contributed by atoms with Crippen LogP contribution in [0, 0.1) is 5.82 Å². The summed E-state index contributed by atoms with van der Waals surface area (Å²) in [5.74, 6) is 2.07. The van der Waals surface area contributed by atoms with Crippen LogP contribution in [0.2, 0.25) is 0 Å². The summed E-state index contributed by atoms with van der Waals surface area (Å²) in [5.41, 5.74) is 0.677. The second-order valence-corrected chi connectivity index (χ2v) is 5.54. The third-order valence-corrected chi connectivity index (χ3v) is 4.00. The smallest absolute Gasteiger partial charge is 0.123 e. The van der Waals surface area contributed by atoms with Gasteiger partial charge in [0.05, 0.1) is 6.10 Å². The van der Waals surface area contributed by atoms with Gasteiger partial charge >= 0.3 is 0 Å². The van der Waals surface area contributed by atoms with Gasteiger partial charge in [-0.25, -0.2) is 4.39 Å². The average molecular weight is 255 g/mol. The molecule has 1 N–H and O–H groups in total. The van der Waals surface area contributed by atoms with E-state index in [1.807, 2.05) is 11.8 Å². The lowest BCUT2D eigenvalue weighted by atomic mass is 10.1. The first-order valence-corrected chi connectivity index (χ1v) is 7.15. The summed E-state index contributed by atoms with van der Waals surface area (Å²) in [6.45, 7) is 3.08. The normalized spacial score (nSPS) is 19.2. The van der Waals surface area contributed by atoms with E-state index in [-0.39, 0.29) is 5.82 Å². The van der Waals surface area contributed by atoms with E-state index >= 15 is 0 Å². The molecule has 1 saturated heterocycles. The van der Waals surface area contributed by atoms with Crippen molar-refractivity contribution in [3.63, 3.8) is 0 Å². The number of aliphatic hydroxyl groups is 1. The molecule has 1 aromatic rings. The molecule has 1 unspecified atom stereocenters.